The minimum atomic E-state index is -0.563. The molecular formula is C19H15ClN4O4. The number of carbonyl (C=O) groups is 2. The second-order valence-electron chi connectivity index (χ2n) is 5.96. The lowest BCUT2D eigenvalue weighted by atomic mass is 10.0. The van der Waals surface area contributed by atoms with Crippen molar-refractivity contribution in [2.45, 2.75) is 13.5 Å². The Hall–Kier alpha value is -3.52. The first kappa shape index (κ1) is 19.2. The first-order chi connectivity index (χ1) is 13.4. The molecule has 0 aliphatic heterocycles. The van der Waals surface area contributed by atoms with E-state index in [1.54, 1.807) is 36.4 Å². The predicted octanol–water partition coefficient (Wildman–Crippen LogP) is 3.62. The predicted molar refractivity (Wildman–Crippen MR) is 104 cm³/mol. The molecule has 2 aromatic carbocycles. The average molecular weight is 399 g/mol. The van der Waals surface area contributed by atoms with Crippen molar-refractivity contribution >= 4 is 34.7 Å². The third-order valence-corrected chi connectivity index (χ3v) is 4.34. The number of benzene rings is 2. The summed E-state index contributed by atoms with van der Waals surface area (Å²) in [6.07, 6.45) is 1.09. The van der Waals surface area contributed by atoms with E-state index in [1.807, 2.05) is 0 Å². The summed E-state index contributed by atoms with van der Waals surface area (Å²) >= 11 is 6.02. The van der Waals surface area contributed by atoms with Crippen molar-refractivity contribution < 1.29 is 14.5 Å². The first-order valence-electron chi connectivity index (χ1n) is 8.22. The Balaban J connectivity index is 1.83. The Kier molecular flexibility index (Phi) is 5.51. The summed E-state index contributed by atoms with van der Waals surface area (Å²) < 4.78 is 1.22. The second-order valence-corrected chi connectivity index (χ2v) is 6.40. The van der Waals surface area contributed by atoms with Gasteiger partial charge < -0.3 is 5.32 Å². The molecule has 9 heteroatoms. The molecular weight excluding hydrogens is 384 g/mol. The van der Waals surface area contributed by atoms with Gasteiger partial charge in [-0.3, -0.25) is 24.4 Å². The van der Waals surface area contributed by atoms with Crippen LogP contribution in [0.1, 0.15) is 21.6 Å². The van der Waals surface area contributed by atoms with Crippen LogP contribution in [0.3, 0.4) is 0 Å². The fourth-order valence-corrected chi connectivity index (χ4v) is 2.83. The zero-order valence-corrected chi connectivity index (χ0v) is 15.5. The van der Waals surface area contributed by atoms with Gasteiger partial charge in [0.25, 0.3) is 0 Å². The van der Waals surface area contributed by atoms with E-state index in [9.17, 15) is 19.7 Å². The van der Waals surface area contributed by atoms with Gasteiger partial charge in [-0.25, -0.2) is 0 Å². The third kappa shape index (κ3) is 4.07. The zero-order chi connectivity index (χ0) is 20.3. The highest BCUT2D eigenvalue weighted by Crippen LogP contribution is 2.24. The maximum atomic E-state index is 12.8. The van der Waals surface area contributed by atoms with Gasteiger partial charge in [0.05, 0.1) is 10.6 Å². The van der Waals surface area contributed by atoms with Crippen LogP contribution in [-0.4, -0.2) is 26.4 Å². The minimum Gasteiger partial charge on any atom is -0.324 e. The van der Waals surface area contributed by atoms with E-state index in [4.69, 9.17) is 11.6 Å². The molecule has 0 bridgehead atoms. The smallest absolute Gasteiger partial charge is 0.309 e. The number of nitro groups is 1. The zero-order valence-electron chi connectivity index (χ0n) is 14.8. The normalized spacial score (nSPS) is 10.5. The number of amides is 1. The molecule has 0 saturated heterocycles. The largest absolute Gasteiger partial charge is 0.324 e. The highest BCUT2D eigenvalue weighted by Gasteiger charge is 2.20. The Bertz CT molecular complexity index is 1060. The van der Waals surface area contributed by atoms with Crippen LogP contribution in [0, 0.1) is 17.0 Å². The molecule has 3 aromatic rings. The fourth-order valence-electron chi connectivity index (χ4n) is 2.66. The monoisotopic (exact) mass is 398 g/mol. The van der Waals surface area contributed by atoms with E-state index in [0.29, 0.717) is 16.3 Å². The highest BCUT2D eigenvalue weighted by molar-refractivity contribution is 6.31. The molecule has 1 N–H and O–H groups in total. The van der Waals surface area contributed by atoms with Gasteiger partial charge in [-0.05, 0) is 25.1 Å². The Morgan fingerprint density at radius 1 is 1.21 bits per heavy atom. The van der Waals surface area contributed by atoms with E-state index in [-0.39, 0.29) is 29.3 Å². The molecule has 0 spiro atoms. The maximum absolute atomic E-state index is 12.8. The molecule has 3 rings (SSSR count). The topological polar surface area (TPSA) is 107 Å². The molecule has 0 saturated carbocycles. The van der Waals surface area contributed by atoms with Gasteiger partial charge in [-0.2, -0.15) is 5.10 Å². The van der Waals surface area contributed by atoms with Gasteiger partial charge in [0.15, 0.2) is 5.78 Å². The van der Waals surface area contributed by atoms with Crippen LogP contribution >= 0.6 is 11.6 Å². The molecule has 142 valence electrons. The first-order valence-corrected chi connectivity index (χ1v) is 8.60. The summed E-state index contributed by atoms with van der Waals surface area (Å²) in [7, 11) is 0. The molecule has 1 aromatic heterocycles. The molecule has 0 fully saturated rings. The van der Waals surface area contributed by atoms with Crippen LogP contribution in [0.25, 0.3) is 0 Å². The van der Waals surface area contributed by atoms with Crippen LogP contribution in [-0.2, 0) is 11.3 Å². The van der Waals surface area contributed by atoms with E-state index >= 15 is 0 Å². The van der Waals surface area contributed by atoms with E-state index in [1.165, 1.54) is 23.7 Å². The lowest BCUT2D eigenvalue weighted by Crippen LogP contribution is -2.21. The lowest BCUT2D eigenvalue weighted by molar-refractivity contribution is -0.385. The van der Waals surface area contributed by atoms with Gasteiger partial charge in [0.1, 0.15) is 18.4 Å². The molecule has 0 atom stereocenters. The maximum Gasteiger partial charge on any atom is 0.309 e. The fraction of sp³-hybridized carbons (Fsp3) is 0.105. The molecule has 1 heterocycles. The molecule has 1 amide bonds. The molecule has 8 nitrogen and oxygen atoms in total. The standard InChI is InChI=1S/C19H15ClN4O4/c1-12-17(24(27)28)10-21-23(12)11-18(25)22-16-8-7-14(20)9-15(16)19(26)13-5-3-2-4-6-13/h2-10H,11H2,1H3,(H,22,25). The third-order valence-electron chi connectivity index (χ3n) is 4.10. The molecule has 0 aliphatic rings. The number of rotatable bonds is 6. The van der Waals surface area contributed by atoms with Crippen LogP contribution in [0.4, 0.5) is 11.4 Å². The van der Waals surface area contributed by atoms with Crippen LogP contribution in [0.5, 0.6) is 0 Å². The van der Waals surface area contributed by atoms with Crippen molar-refractivity contribution in [3.63, 3.8) is 0 Å². The summed E-state index contributed by atoms with van der Waals surface area (Å²) in [6, 6.07) is 13.2. The van der Waals surface area contributed by atoms with E-state index < -0.39 is 10.8 Å². The van der Waals surface area contributed by atoms with E-state index in [0.717, 1.165) is 6.20 Å². The van der Waals surface area contributed by atoms with Crippen molar-refractivity contribution in [1.29, 1.82) is 0 Å². The lowest BCUT2D eigenvalue weighted by Gasteiger charge is -2.12. The number of aromatic nitrogens is 2. The van der Waals surface area contributed by atoms with Crippen molar-refractivity contribution in [3.8, 4) is 0 Å². The molecule has 0 radical (unpaired) electrons. The summed E-state index contributed by atoms with van der Waals surface area (Å²) in [4.78, 5) is 35.5. The molecule has 28 heavy (non-hydrogen) atoms. The number of carbonyl (C=O) groups excluding carboxylic acids is 2. The Labute approximate surface area is 164 Å². The minimum absolute atomic E-state index is 0.167. The SMILES string of the molecule is Cc1c([N+](=O)[O-])cnn1CC(=O)Nc1ccc(Cl)cc1C(=O)c1ccccc1. The molecule has 0 unspecified atom stereocenters. The van der Waals surface area contributed by atoms with Crippen LogP contribution < -0.4 is 5.32 Å². The summed E-state index contributed by atoms with van der Waals surface area (Å²) in [5.74, 6) is -0.769. The van der Waals surface area contributed by atoms with E-state index in [2.05, 4.69) is 10.4 Å². The quantitative estimate of drug-likeness (QED) is 0.387. The van der Waals surface area contributed by atoms with Gasteiger partial charge in [-0.15, -0.1) is 0 Å². The highest BCUT2D eigenvalue weighted by atomic mass is 35.5. The van der Waals surface area contributed by atoms with Crippen molar-refractivity contribution in [1.82, 2.24) is 9.78 Å². The number of nitrogens with zero attached hydrogens (tertiary/aromatic N) is 3. The molecule has 0 aliphatic carbocycles. The number of halogens is 1. The van der Waals surface area contributed by atoms with Crippen LogP contribution in [0.15, 0.2) is 54.7 Å². The number of nitrogens with one attached hydrogen (secondary N) is 1. The van der Waals surface area contributed by atoms with Gasteiger partial charge in [0, 0.05) is 16.1 Å². The van der Waals surface area contributed by atoms with Gasteiger partial charge in [0.2, 0.25) is 5.91 Å². The second kappa shape index (κ2) is 8.01. The summed E-state index contributed by atoms with van der Waals surface area (Å²) in [6.45, 7) is 1.27. The number of hydrogen-bond donors (Lipinski definition) is 1. The average Bonchev–Trinajstić information content (AvgIpc) is 3.04. The van der Waals surface area contributed by atoms with Crippen molar-refractivity contribution in [3.05, 3.63) is 86.7 Å². The summed E-state index contributed by atoms with van der Waals surface area (Å²) in [5, 5.41) is 17.8. The van der Waals surface area contributed by atoms with Crippen molar-refractivity contribution in [2.24, 2.45) is 0 Å². The Morgan fingerprint density at radius 3 is 2.57 bits per heavy atom. The number of anilines is 1. The number of hydrogen-bond acceptors (Lipinski definition) is 5. The van der Waals surface area contributed by atoms with Gasteiger partial charge >= 0.3 is 5.69 Å². The summed E-state index contributed by atoms with van der Waals surface area (Å²) in [5.41, 5.74) is 1.09. The van der Waals surface area contributed by atoms with Crippen LogP contribution in [0.2, 0.25) is 5.02 Å². The Morgan fingerprint density at radius 2 is 1.93 bits per heavy atom. The number of ketones is 1. The van der Waals surface area contributed by atoms with Crippen molar-refractivity contribution in [2.75, 3.05) is 5.32 Å². The van der Waals surface area contributed by atoms with Gasteiger partial charge in [-0.1, -0.05) is 41.9 Å².